The van der Waals surface area contributed by atoms with E-state index in [-0.39, 0.29) is 11.7 Å². The van der Waals surface area contributed by atoms with E-state index in [1.807, 2.05) is 72.8 Å². The summed E-state index contributed by atoms with van der Waals surface area (Å²) in [5.74, 6) is -1.11. The van der Waals surface area contributed by atoms with E-state index in [9.17, 15) is 9.59 Å². The monoisotopic (exact) mass is 422 g/mol. The first-order valence-electron chi connectivity index (χ1n) is 10.3. The largest absolute Gasteiger partial charge is 0.296 e. The molecule has 3 aromatic carbocycles. The molecule has 0 spiro atoms. The molecule has 0 saturated heterocycles. The fraction of sp³-hybridized carbons (Fsp3) is 0.0769. The van der Waals surface area contributed by atoms with Gasteiger partial charge in [-0.25, -0.2) is 5.43 Å². The van der Waals surface area contributed by atoms with Gasteiger partial charge in [-0.05, 0) is 17.2 Å². The molecule has 1 aliphatic heterocycles. The fourth-order valence-corrected chi connectivity index (χ4v) is 3.52. The summed E-state index contributed by atoms with van der Waals surface area (Å²) in [6, 6.07) is 27.4. The van der Waals surface area contributed by atoms with E-state index in [1.54, 1.807) is 30.3 Å². The molecule has 0 bridgehead atoms. The van der Waals surface area contributed by atoms with Gasteiger partial charge >= 0.3 is 0 Å². The van der Waals surface area contributed by atoms with Gasteiger partial charge in [0, 0.05) is 11.8 Å². The first kappa shape index (κ1) is 20.9. The molecule has 1 heterocycles. The lowest BCUT2D eigenvalue weighted by atomic mass is 9.85. The van der Waals surface area contributed by atoms with Gasteiger partial charge < -0.3 is 0 Å². The van der Waals surface area contributed by atoms with E-state index in [2.05, 4.69) is 21.1 Å². The first-order chi connectivity index (χ1) is 15.7. The van der Waals surface area contributed by atoms with Crippen LogP contribution in [0, 0.1) is 0 Å². The Labute approximate surface area is 186 Å². The van der Waals surface area contributed by atoms with Crippen LogP contribution in [-0.2, 0) is 4.79 Å². The highest BCUT2D eigenvalue weighted by molar-refractivity contribution is 6.48. The Kier molecular flexibility index (Phi) is 6.63. The van der Waals surface area contributed by atoms with Crippen molar-refractivity contribution in [3.63, 3.8) is 0 Å². The number of Topliss-reactive ketones (excluding diaryl/α,β-unsaturated/α-hetero) is 1. The molecule has 2 unspecified atom stereocenters. The van der Waals surface area contributed by atoms with Gasteiger partial charge in [0.05, 0.1) is 5.92 Å². The second-order valence-corrected chi connectivity index (χ2v) is 7.21. The summed E-state index contributed by atoms with van der Waals surface area (Å²) in [6.07, 6.45) is 5.14. The van der Waals surface area contributed by atoms with Crippen LogP contribution in [0.2, 0.25) is 0 Å². The van der Waals surface area contributed by atoms with Gasteiger partial charge in [0.25, 0.3) is 5.91 Å². The van der Waals surface area contributed by atoms with Crippen molar-refractivity contribution < 1.29 is 9.59 Å². The van der Waals surface area contributed by atoms with Crippen molar-refractivity contribution in [2.45, 2.75) is 12.0 Å². The lowest BCUT2D eigenvalue weighted by Crippen LogP contribution is -2.43. The Hall–Kier alpha value is -4.32. The zero-order valence-corrected chi connectivity index (χ0v) is 17.3. The van der Waals surface area contributed by atoms with Crippen molar-refractivity contribution in [2.75, 3.05) is 0 Å². The second kappa shape index (κ2) is 10.1. The van der Waals surface area contributed by atoms with Crippen molar-refractivity contribution in [3.8, 4) is 0 Å². The molecule has 0 aliphatic carbocycles. The van der Waals surface area contributed by atoms with Gasteiger partial charge in [0.1, 0.15) is 11.8 Å². The quantitative estimate of drug-likeness (QED) is 0.345. The minimum atomic E-state index is -0.754. The molecule has 2 N–H and O–H groups in total. The van der Waals surface area contributed by atoms with Crippen LogP contribution >= 0.6 is 0 Å². The molecule has 6 nitrogen and oxygen atoms in total. The van der Waals surface area contributed by atoms with Gasteiger partial charge in [0.2, 0.25) is 5.78 Å². The average Bonchev–Trinajstić information content (AvgIpc) is 3.30. The zero-order valence-electron chi connectivity index (χ0n) is 17.3. The molecular formula is C26H22N4O2. The summed E-state index contributed by atoms with van der Waals surface area (Å²) < 4.78 is 0. The highest BCUT2D eigenvalue weighted by Gasteiger charge is 2.41. The number of allylic oxidation sites excluding steroid dienone is 1. The lowest BCUT2D eigenvalue weighted by molar-refractivity contribution is -0.123. The molecule has 4 rings (SSSR count). The molecular weight excluding hydrogens is 400 g/mol. The third kappa shape index (κ3) is 4.87. The third-order valence-electron chi connectivity index (χ3n) is 5.09. The number of hydrogen-bond donors (Lipinski definition) is 2. The standard InChI is InChI=1S/C26H22N4O2/c31-25(21-16-8-3-9-17-21)23-22(20-14-6-2-7-15-20)24(29-28-23)26(32)30-27-18-10-13-19-11-4-1-5-12-19/h1-18,22,24,29H,(H,30,32)/b13-10+,27-18-. The van der Waals surface area contributed by atoms with E-state index in [1.165, 1.54) is 6.21 Å². The van der Waals surface area contributed by atoms with Gasteiger partial charge in [-0.1, -0.05) is 97.1 Å². The summed E-state index contributed by atoms with van der Waals surface area (Å²) >= 11 is 0. The summed E-state index contributed by atoms with van der Waals surface area (Å²) in [7, 11) is 0. The van der Waals surface area contributed by atoms with Crippen molar-refractivity contribution in [2.24, 2.45) is 10.2 Å². The minimum absolute atomic E-state index is 0.212. The maximum absolute atomic E-state index is 13.1. The van der Waals surface area contributed by atoms with Crippen molar-refractivity contribution in [1.29, 1.82) is 0 Å². The van der Waals surface area contributed by atoms with Crippen LogP contribution in [0.5, 0.6) is 0 Å². The molecule has 158 valence electrons. The summed E-state index contributed by atoms with van der Waals surface area (Å²) in [5.41, 5.74) is 8.07. The van der Waals surface area contributed by atoms with Crippen LogP contribution in [0.4, 0.5) is 0 Å². The van der Waals surface area contributed by atoms with E-state index in [4.69, 9.17) is 0 Å². The molecule has 0 fully saturated rings. The Bertz CT molecular complexity index is 1160. The van der Waals surface area contributed by atoms with Gasteiger partial charge in [-0.3, -0.25) is 15.0 Å². The summed E-state index contributed by atoms with van der Waals surface area (Å²) in [6.45, 7) is 0. The number of hydrogen-bond acceptors (Lipinski definition) is 5. The van der Waals surface area contributed by atoms with Gasteiger partial charge in [0.15, 0.2) is 0 Å². The fourth-order valence-electron chi connectivity index (χ4n) is 3.52. The number of nitrogens with zero attached hydrogens (tertiary/aromatic N) is 2. The number of carbonyl (C=O) groups excluding carboxylic acids is 2. The molecule has 3 aromatic rings. The molecule has 1 aliphatic rings. The SMILES string of the molecule is O=C(C1=NNC(C(=O)N/N=C\C=C\c2ccccc2)C1c1ccccc1)c1ccccc1. The highest BCUT2D eigenvalue weighted by atomic mass is 16.2. The normalized spacial score (nSPS) is 17.8. The maximum atomic E-state index is 13.1. The second-order valence-electron chi connectivity index (χ2n) is 7.21. The lowest BCUT2D eigenvalue weighted by Gasteiger charge is -2.19. The van der Waals surface area contributed by atoms with Crippen LogP contribution in [0.1, 0.15) is 27.4 Å². The minimum Gasteiger partial charge on any atom is -0.296 e. The topological polar surface area (TPSA) is 82.9 Å². The molecule has 0 radical (unpaired) electrons. The van der Waals surface area contributed by atoms with Gasteiger partial charge in [-0.15, -0.1) is 0 Å². The number of benzene rings is 3. The molecule has 0 aromatic heterocycles. The summed E-state index contributed by atoms with van der Waals surface area (Å²) in [4.78, 5) is 26.0. The molecule has 6 heteroatoms. The predicted octanol–water partition coefficient (Wildman–Crippen LogP) is 3.80. The molecule has 0 saturated carbocycles. The zero-order chi connectivity index (χ0) is 22.2. The van der Waals surface area contributed by atoms with E-state index in [0.29, 0.717) is 11.3 Å². The first-order valence-corrected chi connectivity index (χ1v) is 10.3. The van der Waals surface area contributed by atoms with Crippen LogP contribution in [0.15, 0.2) is 107 Å². The number of nitrogens with one attached hydrogen (secondary N) is 2. The summed E-state index contributed by atoms with van der Waals surface area (Å²) in [5, 5.41) is 8.25. The van der Waals surface area contributed by atoms with E-state index in [0.717, 1.165) is 11.1 Å². The molecule has 32 heavy (non-hydrogen) atoms. The van der Waals surface area contributed by atoms with E-state index >= 15 is 0 Å². The average molecular weight is 422 g/mol. The molecule has 2 atom stereocenters. The maximum Gasteiger partial charge on any atom is 0.265 e. The Morgan fingerprint density at radius 3 is 2.19 bits per heavy atom. The highest BCUT2D eigenvalue weighted by Crippen LogP contribution is 2.28. The predicted molar refractivity (Wildman–Crippen MR) is 126 cm³/mol. The smallest absolute Gasteiger partial charge is 0.265 e. The number of hydrazone groups is 2. The Morgan fingerprint density at radius 2 is 1.50 bits per heavy atom. The number of ketones is 1. The van der Waals surface area contributed by atoms with Crippen LogP contribution in [0.3, 0.4) is 0 Å². The van der Waals surface area contributed by atoms with Crippen LogP contribution in [-0.4, -0.2) is 29.7 Å². The van der Waals surface area contributed by atoms with E-state index < -0.39 is 12.0 Å². The van der Waals surface area contributed by atoms with Crippen molar-refractivity contribution in [1.82, 2.24) is 10.9 Å². The third-order valence-corrected chi connectivity index (χ3v) is 5.09. The Balaban J connectivity index is 1.49. The van der Waals surface area contributed by atoms with Crippen molar-refractivity contribution >= 4 is 29.7 Å². The molecule has 1 amide bonds. The number of rotatable bonds is 7. The van der Waals surface area contributed by atoms with Crippen LogP contribution in [0.25, 0.3) is 6.08 Å². The van der Waals surface area contributed by atoms with Gasteiger partial charge in [-0.2, -0.15) is 10.2 Å². The Morgan fingerprint density at radius 1 is 0.875 bits per heavy atom. The number of amides is 1. The van der Waals surface area contributed by atoms with Crippen LogP contribution < -0.4 is 10.9 Å². The van der Waals surface area contributed by atoms with Crippen molar-refractivity contribution in [3.05, 3.63) is 114 Å². The number of carbonyl (C=O) groups is 2.